The smallest absolute Gasteiger partial charge is 0.218 e. The van der Waals surface area contributed by atoms with Crippen LogP contribution < -0.4 is 0 Å². The second kappa shape index (κ2) is 6.87. The Hall–Kier alpha value is -0.950. The highest BCUT2D eigenvalue weighted by molar-refractivity contribution is 7.88. The van der Waals surface area contributed by atoms with Crippen molar-refractivity contribution in [1.29, 1.82) is 0 Å². The molecule has 0 saturated carbocycles. The predicted octanol–water partition coefficient (Wildman–Crippen LogP) is 1.03. The summed E-state index contributed by atoms with van der Waals surface area (Å²) in [5.74, 6) is 0.0154. The molecule has 118 valence electrons. The third-order valence-corrected chi connectivity index (χ3v) is 6.07. The molecule has 1 aromatic carbocycles. The van der Waals surface area contributed by atoms with Crippen molar-refractivity contribution < 1.29 is 13.5 Å². The maximum atomic E-state index is 12.5. The summed E-state index contributed by atoms with van der Waals surface area (Å²) in [6.07, 6.45) is 1.77. The van der Waals surface area contributed by atoms with E-state index in [1.165, 1.54) is 0 Å². The number of sulfonamides is 1. The normalized spacial score (nSPS) is 18.3. The molecule has 0 bridgehead atoms. The minimum absolute atomic E-state index is 0.0154. The Morgan fingerprint density at radius 3 is 2.24 bits per heavy atom. The zero-order valence-corrected chi connectivity index (χ0v) is 13.5. The molecule has 1 heterocycles. The van der Waals surface area contributed by atoms with Gasteiger partial charge in [0.25, 0.3) is 0 Å². The van der Waals surface area contributed by atoms with Crippen molar-refractivity contribution in [1.82, 2.24) is 9.21 Å². The van der Waals surface area contributed by atoms with Crippen molar-refractivity contribution >= 4 is 10.0 Å². The van der Waals surface area contributed by atoms with Gasteiger partial charge in [0.15, 0.2) is 0 Å². The van der Waals surface area contributed by atoms with Crippen molar-refractivity contribution in [3.8, 4) is 0 Å². The van der Waals surface area contributed by atoms with Gasteiger partial charge in [-0.05, 0) is 44.1 Å². The maximum absolute atomic E-state index is 12.5. The van der Waals surface area contributed by atoms with Gasteiger partial charge in [0.1, 0.15) is 0 Å². The van der Waals surface area contributed by atoms with Crippen LogP contribution in [-0.4, -0.2) is 56.0 Å². The summed E-state index contributed by atoms with van der Waals surface area (Å²) in [5.41, 5.74) is 1.55. The van der Waals surface area contributed by atoms with Crippen LogP contribution in [0.1, 0.15) is 24.0 Å². The SMILES string of the molecule is CN1CCC(N(C)S(=O)(=O)Cc2ccc(CO)cc2)CC1. The molecule has 5 nitrogen and oxygen atoms in total. The van der Waals surface area contributed by atoms with E-state index in [1.54, 1.807) is 35.6 Å². The van der Waals surface area contributed by atoms with E-state index in [9.17, 15) is 8.42 Å². The maximum Gasteiger partial charge on any atom is 0.218 e. The van der Waals surface area contributed by atoms with Gasteiger partial charge in [0.2, 0.25) is 10.0 Å². The number of aliphatic hydroxyl groups is 1. The summed E-state index contributed by atoms with van der Waals surface area (Å²) in [7, 11) is 0.453. The van der Waals surface area contributed by atoms with Gasteiger partial charge in [-0.15, -0.1) is 0 Å². The van der Waals surface area contributed by atoms with E-state index in [1.807, 2.05) is 0 Å². The first-order valence-electron chi connectivity index (χ1n) is 7.25. The van der Waals surface area contributed by atoms with Gasteiger partial charge in [-0.2, -0.15) is 0 Å². The number of piperidine rings is 1. The zero-order valence-electron chi connectivity index (χ0n) is 12.7. The topological polar surface area (TPSA) is 60.9 Å². The Bertz CT molecular complexity index is 549. The zero-order chi connectivity index (χ0) is 15.5. The summed E-state index contributed by atoms with van der Waals surface area (Å²) in [5, 5.41) is 9.01. The Labute approximate surface area is 127 Å². The molecule has 0 spiro atoms. The van der Waals surface area contributed by atoms with Crippen molar-refractivity contribution in [2.24, 2.45) is 0 Å². The van der Waals surface area contributed by atoms with Crippen LogP contribution in [0.4, 0.5) is 0 Å². The van der Waals surface area contributed by atoms with Crippen LogP contribution in [0.5, 0.6) is 0 Å². The molecule has 0 aromatic heterocycles. The lowest BCUT2D eigenvalue weighted by Crippen LogP contribution is -2.44. The lowest BCUT2D eigenvalue weighted by molar-refractivity contribution is 0.197. The first-order chi connectivity index (χ1) is 9.92. The van der Waals surface area contributed by atoms with E-state index >= 15 is 0 Å². The van der Waals surface area contributed by atoms with E-state index in [2.05, 4.69) is 11.9 Å². The van der Waals surface area contributed by atoms with Crippen LogP contribution >= 0.6 is 0 Å². The fourth-order valence-corrected chi connectivity index (χ4v) is 4.12. The molecule has 21 heavy (non-hydrogen) atoms. The van der Waals surface area contributed by atoms with Crippen LogP contribution in [0.3, 0.4) is 0 Å². The van der Waals surface area contributed by atoms with Gasteiger partial charge >= 0.3 is 0 Å². The highest BCUT2D eigenvalue weighted by atomic mass is 32.2. The lowest BCUT2D eigenvalue weighted by atomic mass is 10.1. The first-order valence-corrected chi connectivity index (χ1v) is 8.86. The summed E-state index contributed by atoms with van der Waals surface area (Å²) in [6.45, 7) is 1.86. The van der Waals surface area contributed by atoms with Crippen molar-refractivity contribution in [2.45, 2.75) is 31.2 Å². The third-order valence-electron chi connectivity index (χ3n) is 4.20. The second-order valence-corrected chi connectivity index (χ2v) is 7.81. The van der Waals surface area contributed by atoms with Crippen molar-refractivity contribution in [2.75, 3.05) is 27.2 Å². The molecule has 1 saturated heterocycles. The Balaban J connectivity index is 2.02. The minimum Gasteiger partial charge on any atom is -0.392 e. The van der Waals surface area contributed by atoms with Crippen molar-refractivity contribution in [3.63, 3.8) is 0 Å². The Kier molecular flexibility index (Phi) is 5.37. The Morgan fingerprint density at radius 2 is 1.71 bits per heavy atom. The van der Waals surface area contributed by atoms with E-state index in [-0.39, 0.29) is 18.4 Å². The highest BCUT2D eigenvalue weighted by Crippen LogP contribution is 2.20. The van der Waals surface area contributed by atoms with E-state index in [4.69, 9.17) is 5.11 Å². The molecule has 1 aliphatic heterocycles. The van der Waals surface area contributed by atoms with E-state index in [0.29, 0.717) is 0 Å². The van der Waals surface area contributed by atoms with Crippen LogP contribution in [0.15, 0.2) is 24.3 Å². The summed E-state index contributed by atoms with van der Waals surface area (Å²) < 4.78 is 26.5. The molecule has 0 atom stereocenters. The van der Waals surface area contributed by atoms with Crippen molar-refractivity contribution in [3.05, 3.63) is 35.4 Å². The molecule has 0 amide bonds. The molecule has 1 fully saturated rings. The standard InChI is InChI=1S/C15H24N2O3S/c1-16-9-7-15(8-10-16)17(2)21(19,20)12-14-5-3-13(11-18)4-6-14/h3-6,15,18H,7-12H2,1-2H3. The van der Waals surface area contributed by atoms with Gasteiger partial charge in [0, 0.05) is 13.1 Å². The first kappa shape index (κ1) is 16.4. The van der Waals surface area contributed by atoms with Gasteiger partial charge in [-0.3, -0.25) is 0 Å². The average Bonchev–Trinajstić information content (AvgIpc) is 2.48. The average molecular weight is 312 g/mol. The van der Waals surface area contributed by atoms with Gasteiger partial charge in [0.05, 0.1) is 12.4 Å². The number of nitrogens with zero attached hydrogens (tertiary/aromatic N) is 2. The number of benzene rings is 1. The number of hydrogen-bond acceptors (Lipinski definition) is 4. The molecule has 1 N–H and O–H groups in total. The van der Waals surface area contributed by atoms with Crippen LogP contribution in [0.25, 0.3) is 0 Å². The summed E-state index contributed by atoms with van der Waals surface area (Å²) in [6, 6.07) is 7.17. The van der Waals surface area contributed by atoms with E-state index in [0.717, 1.165) is 37.1 Å². The molecular weight excluding hydrogens is 288 g/mol. The van der Waals surface area contributed by atoms with Crippen LogP contribution in [0, 0.1) is 0 Å². The number of aliphatic hydroxyl groups excluding tert-OH is 1. The summed E-state index contributed by atoms with van der Waals surface area (Å²) in [4.78, 5) is 2.23. The second-order valence-electron chi connectivity index (χ2n) is 5.78. The molecule has 0 unspecified atom stereocenters. The number of hydrogen-bond donors (Lipinski definition) is 1. The quantitative estimate of drug-likeness (QED) is 0.882. The molecule has 2 rings (SSSR count). The van der Waals surface area contributed by atoms with Crippen LogP contribution in [-0.2, 0) is 22.4 Å². The largest absolute Gasteiger partial charge is 0.392 e. The third kappa shape index (κ3) is 4.26. The monoisotopic (exact) mass is 312 g/mol. The molecule has 1 aromatic rings. The highest BCUT2D eigenvalue weighted by Gasteiger charge is 2.28. The van der Waals surface area contributed by atoms with E-state index < -0.39 is 10.0 Å². The Morgan fingerprint density at radius 1 is 1.19 bits per heavy atom. The fourth-order valence-electron chi connectivity index (χ4n) is 2.64. The van der Waals surface area contributed by atoms with Gasteiger partial charge < -0.3 is 10.0 Å². The molecular formula is C15H24N2O3S. The minimum atomic E-state index is -3.30. The molecule has 0 aliphatic carbocycles. The van der Waals surface area contributed by atoms with Gasteiger partial charge in [-0.1, -0.05) is 24.3 Å². The summed E-state index contributed by atoms with van der Waals surface area (Å²) >= 11 is 0. The lowest BCUT2D eigenvalue weighted by Gasteiger charge is -2.34. The number of rotatable bonds is 5. The predicted molar refractivity (Wildman–Crippen MR) is 83.3 cm³/mol. The van der Waals surface area contributed by atoms with Crippen LogP contribution in [0.2, 0.25) is 0 Å². The molecule has 6 heteroatoms. The molecule has 1 aliphatic rings. The molecule has 0 radical (unpaired) electrons. The fraction of sp³-hybridized carbons (Fsp3) is 0.600. The number of likely N-dealkylation sites (tertiary alicyclic amines) is 1. The van der Waals surface area contributed by atoms with Gasteiger partial charge in [-0.25, -0.2) is 12.7 Å².